The topological polar surface area (TPSA) is 59.8 Å². The summed E-state index contributed by atoms with van der Waals surface area (Å²) in [5.74, 6) is 2.03. The van der Waals surface area contributed by atoms with Crippen LogP contribution in [0.1, 0.15) is 55.6 Å². The lowest BCUT2D eigenvalue weighted by atomic mass is 10.0. The second kappa shape index (κ2) is 8.02. The predicted octanol–water partition coefficient (Wildman–Crippen LogP) is 4.07. The number of nitrogens with one attached hydrogen (secondary N) is 1. The van der Waals surface area contributed by atoms with E-state index in [0.29, 0.717) is 18.2 Å². The van der Waals surface area contributed by atoms with Crippen LogP contribution in [0.3, 0.4) is 0 Å². The molecular formula is C21H30N4O. The Kier molecular flexibility index (Phi) is 5.74. The number of hydrogen-bond acceptors (Lipinski definition) is 3. The number of carbonyl (C=O) groups is 1. The Morgan fingerprint density at radius 2 is 2.08 bits per heavy atom. The summed E-state index contributed by atoms with van der Waals surface area (Å²) >= 11 is 0. The molecule has 0 spiro atoms. The first-order chi connectivity index (χ1) is 12.4. The molecule has 3 rings (SSSR count). The zero-order valence-corrected chi connectivity index (χ0v) is 16.4. The van der Waals surface area contributed by atoms with Gasteiger partial charge in [-0.3, -0.25) is 9.48 Å². The lowest BCUT2D eigenvalue weighted by Crippen LogP contribution is -2.16. The monoisotopic (exact) mass is 354 g/mol. The van der Waals surface area contributed by atoms with Crippen LogP contribution in [0.5, 0.6) is 0 Å². The van der Waals surface area contributed by atoms with E-state index in [0.717, 1.165) is 42.3 Å². The number of hydrogen-bond donors (Lipinski definition) is 1. The molecule has 0 unspecified atom stereocenters. The van der Waals surface area contributed by atoms with Crippen molar-refractivity contribution in [3.63, 3.8) is 0 Å². The molecule has 5 nitrogen and oxygen atoms in total. The van der Waals surface area contributed by atoms with Crippen molar-refractivity contribution in [2.75, 3.05) is 5.32 Å². The van der Waals surface area contributed by atoms with E-state index >= 15 is 0 Å². The molecule has 1 amide bonds. The van der Waals surface area contributed by atoms with Gasteiger partial charge in [0.2, 0.25) is 5.91 Å². The van der Waals surface area contributed by atoms with E-state index in [1.165, 1.54) is 18.4 Å². The van der Waals surface area contributed by atoms with E-state index in [2.05, 4.69) is 46.9 Å². The molecule has 0 radical (unpaired) electrons. The van der Waals surface area contributed by atoms with Gasteiger partial charge in [-0.1, -0.05) is 19.9 Å². The number of rotatable bonds is 8. The summed E-state index contributed by atoms with van der Waals surface area (Å²) in [4.78, 5) is 16.8. The second-order valence-electron chi connectivity index (χ2n) is 7.98. The molecule has 5 heteroatoms. The Morgan fingerprint density at radius 3 is 2.69 bits per heavy atom. The molecule has 0 aliphatic heterocycles. The molecule has 0 saturated heterocycles. The number of anilines is 1. The van der Waals surface area contributed by atoms with Gasteiger partial charge in [0.15, 0.2) is 0 Å². The third-order valence-corrected chi connectivity index (χ3v) is 5.10. The molecule has 1 N–H and O–H groups in total. The fourth-order valence-corrected chi connectivity index (χ4v) is 3.16. The molecule has 0 bridgehead atoms. The summed E-state index contributed by atoms with van der Waals surface area (Å²) in [5, 5.41) is 7.53. The summed E-state index contributed by atoms with van der Waals surface area (Å²) in [7, 11) is 0. The van der Waals surface area contributed by atoms with Gasteiger partial charge in [-0.15, -0.1) is 0 Å². The Morgan fingerprint density at radius 1 is 1.31 bits per heavy atom. The van der Waals surface area contributed by atoms with Gasteiger partial charge in [0.05, 0.1) is 12.1 Å². The maximum atomic E-state index is 12.4. The minimum Gasteiger partial charge on any atom is -0.310 e. The molecule has 1 aliphatic rings. The van der Waals surface area contributed by atoms with Crippen molar-refractivity contribution >= 4 is 11.7 Å². The van der Waals surface area contributed by atoms with Gasteiger partial charge in [-0.25, -0.2) is 4.98 Å². The van der Waals surface area contributed by atoms with Crippen LogP contribution < -0.4 is 5.32 Å². The zero-order valence-electron chi connectivity index (χ0n) is 16.4. The number of amides is 1. The van der Waals surface area contributed by atoms with Crippen molar-refractivity contribution in [3.05, 3.63) is 40.8 Å². The molecule has 140 valence electrons. The molecule has 1 fully saturated rings. The molecule has 1 saturated carbocycles. The highest BCUT2D eigenvalue weighted by atomic mass is 16.1. The van der Waals surface area contributed by atoms with Crippen molar-refractivity contribution in [2.24, 2.45) is 11.8 Å². The largest absolute Gasteiger partial charge is 0.310 e. The maximum Gasteiger partial charge on any atom is 0.230 e. The average Bonchev–Trinajstić information content (AvgIpc) is 3.37. The van der Waals surface area contributed by atoms with Crippen molar-refractivity contribution < 1.29 is 4.79 Å². The van der Waals surface area contributed by atoms with Gasteiger partial charge >= 0.3 is 0 Å². The summed E-state index contributed by atoms with van der Waals surface area (Å²) in [6, 6.07) is 3.94. The van der Waals surface area contributed by atoms with Crippen LogP contribution in [0.2, 0.25) is 0 Å². The quantitative estimate of drug-likeness (QED) is 0.777. The van der Waals surface area contributed by atoms with Crippen LogP contribution in [0.15, 0.2) is 18.3 Å². The Labute approximate surface area is 156 Å². The Bertz CT molecular complexity index is 757. The van der Waals surface area contributed by atoms with Crippen LogP contribution in [0, 0.1) is 25.7 Å². The molecule has 2 aromatic rings. The smallest absolute Gasteiger partial charge is 0.230 e. The van der Waals surface area contributed by atoms with Gasteiger partial charge in [-0.05, 0) is 63.0 Å². The standard InChI is InChI=1S/C21H30N4O/c1-14(2)5-6-17-9-10-20(22-12-17)23-21(26)11-19-15(3)24-25(16(19)4)13-18-7-8-18/h9-10,12,14,18H,5-8,11,13H2,1-4H3,(H,22,23,26). The van der Waals surface area contributed by atoms with Crippen LogP contribution in [-0.2, 0) is 24.2 Å². The third kappa shape index (κ3) is 4.93. The highest BCUT2D eigenvalue weighted by Gasteiger charge is 2.24. The Balaban J connectivity index is 1.57. The average molecular weight is 354 g/mol. The summed E-state index contributed by atoms with van der Waals surface area (Å²) in [5.41, 5.74) is 4.32. The van der Waals surface area contributed by atoms with Crippen LogP contribution in [0.25, 0.3) is 0 Å². The van der Waals surface area contributed by atoms with E-state index in [1.807, 2.05) is 19.2 Å². The normalized spacial score (nSPS) is 14.0. The van der Waals surface area contributed by atoms with Crippen LogP contribution >= 0.6 is 0 Å². The van der Waals surface area contributed by atoms with Crippen molar-refractivity contribution in [2.45, 2.75) is 66.3 Å². The van der Waals surface area contributed by atoms with E-state index in [4.69, 9.17) is 0 Å². The Hall–Kier alpha value is -2.17. The molecule has 2 heterocycles. The molecular weight excluding hydrogens is 324 g/mol. The number of aromatic nitrogens is 3. The van der Waals surface area contributed by atoms with Crippen molar-refractivity contribution in [3.8, 4) is 0 Å². The molecule has 26 heavy (non-hydrogen) atoms. The van der Waals surface area contributed by atoms with E-state index in [-0.39, 0.29) is 5.91 Å². The van der Waals surface area contributed by atoms with Crippen LogP contribution in [-0.4, -0.2) is 20.7 Å². The van der Waals surface area contributed by atoms with E-state index in [1.54, 1.807) is 0 Å². The predicted molar refractivity (Wildman–Crippen MR) is 104 cm³/mol. The van der Waals surface area contributed by atoms with E-state index < -0.39 is 0 Å². The summed E-state index contributed by atoms with van der Waals surface area (Å²) in [6.45, 7) is 9.47. The third-order valence-electron chi connectivity index (χ3n) is 5.10. The van der Waals surface area contributed by atoms with Crippen molar-refractivity contribution in [1.29, 1.82) is 0 Å². The van der Waals surface area contributed by atoms with Gasteiger partial charge in [0, 0.05) is 24.0 Å². The highest BCUT2D eigenvalue weighted by molar-refractivity contribution is 5.91. The van der Waals surface area contributed by atoms with Gasteiger partial charge in [0.25, 0.3) is 0 Å². The molecule has 0 atom stereocenters. The van der Waals surface area contributed by atoms with Gasteiger partial charge in [0.1, 0.15) is 5.82 Å². The number of aryl methyl sites for hydroxylation is 2. The molecule has 1 aliphatic carbocycles. The summed E-state index contributed by atoms with van der Waals surface area (Å²) in [6.07, 6.45) is 6.98. The lowest BCUT2D eigenvalue weighted by molar-refractivity contribution is -0.115. The fraction of sp³-hybridized carbons (Fsp3) is 0.571. The van der Waals surface area contributed by atoms with Gasteiger partial charge < -0.3 is 5.32 Å². The zero-order chi connectivity index (χ0) is 18.7. The highest BCUT2D eigenvalue weighted by Crippen LogP contribution is 2.31. The van der Waals surface area contributed by atoms with Gasteiger partial charge in [-0.2, -0.15) is 5.10 Å². The first-order valence-electron chi connectivity index (χ1n) is 9.70. The van der Waals surface area contributed by atoms with Crippen molar-refractivity contribution in [1.82, 2.24) is 14.8 Å². The minimum atomic E-state index is -0.0374. The second-order valence-corrected chi connectivity index (χ2v) is 7.98. The fourth-order valence-electron chi connectivity index (χ4n) is 3.16. The maximum absolute atomic E-state index is 12.4. The lowest BCUT2D eigenvalue weighted by Gasteiger charge is -2.08. The van der Waals surface area contributed by atoms with E-state index in [9.17, 15) is 4.79 Å². The SMILES string of the molecule is Cc1nn(CC2CC2)c(C)c1CC(=O)Nc1ccc(CCC(C)C)cn1. The number of nitrogens with zero attached hydrogens (tertiary/aromatic N) is 3. The molecule has 0 aromatic carbocycles. The first kappa shape index (κ1) is 18.6. The number of pyridine rings is 1. The van der Waals surface area contributed by atoms with Crippen LogP contribution in [0.4, 0.5) is 5.82 Å². The molecule has 2 aromatic heterocycles. The minimum absolute atomic E-state index is 0.0374. The summed E-state index contributed by atoms with van der Waals surface area (Å²) < 4.78 is 2.07. The first-order valence-corrected chi connectivity index (χ1v) is 9.70. The number of carbonyl (C=O) groups excluding carboxylic acids is 1.